The number of carbonyl (C=O) groups is 1. The normalized spacial score (nSPS) is 10.2. The third-order valence-electron chi connectivity index (χ3n) is 2.35. The van der Waals surface area contributed by atoms with Gasteiger partial charge in [-0.05, 0) is 29.8 Å². The third kappa shape index (κ3) is 2.87. The lowest BCUT2D eigenvalue weighted by Crippen LogP contribution is -1.99. The Morgan fingerprint density at radius 1 is 1.29 bits per heavy atom. The predicted molar refractivity (Wildman–Crippen MR) is 60.4 cm³/mol. The Kier molecular flexibility index (Phi) is 3.14. The monoisotopic (exact) mass is 231 g/mol. The Bertz CT molecular complexity index is 537. The van der Waals surface area contributed by atoms with Gasteiger partial charge in [0.05, 0.1) is 5.56 Å². The predicted octanol–water partition coefficient (Wildman–Crippen LogP) is 2.51. The van der Waals surface area contributed by atoms with E-state index in [2.05, 4.69) is 4.98 Å². The van der Waals surface area contributed by atoms with E-state index in [4.69, 9.17) is 5.11 Å². The highest BCUT2D eigenvalue weighted by molar-refractivity contribution is 5.87. The standard InChI is InChI=1S/C13H10FNO2/c14-11-3-1-2-9(6-11)7-12-5-4-10(8-15-12)13(16)17/h1-6,8H,7H2,(H,16,17). The van der Waals surface area contributed by atoms with Crippen LogP contribution in [-0.2, 0) is 6.42 Å². The molecule has 0 spiro atoms. The van der Waals surface area contributed by atoms with E-state index in [1.54, 1.807) is 18.2 Å². The van der Waals surface area contributed by atoms with Crippen molar-refractivity contribution in [2.75, 3.05) is 0 Å². The molecule has 0 saturated carbocycles. The fraction of sp³-hybridized carbons (Fsp3) is 0.0769. The lowest BCUT2D eigenvalue weighted by atomic mass is 10.1. The second-order valence-corrected chi connectivity index (χ2v) is 3.65. The molecule has 0 unspecified atom stereocenters. The van der Waals surface area contributed by atoms with Crippen LogP contribution in [0, 0.1) is 5.82 Å². The Morgan fingerprint density at radius 2 is 2.12 bits per heavy atom. The molecule has 4 heteroatoms. The van der Waals surface area contributed by atoms with E-state index in [0.29, 0.717) is 12.1 Å². The van der Waals surface area contributed by atoms with Crippen molar-refractivity contribution in [2.45, 2.75) is 6.42 Å². The Hall–Kier alpha value is -2.23. The number of nitrogens with zero attached hydrogens (tertiary/aromatic N) is 1. The Balaban J connectivity index is 2.16. The topological polar surface area (TPSA) is 50.2 Å². The average molecular weight is 231 g/mol. The largest absolute Gasteiger partial charge is 0.478 e. The summed E-state index contributed by atoms with van der Waals surface area (Å²) in [4.78, 5) is 14.6. The van der Waals surface area contributed by atoms with Crippen LogP contribution in [0.25, 0.3) is 0 Å². The quantitative estimate of drug-likeness (QED) is 0.882. The molecule has 0 saturated heterocycles. The van der Waals surface area contributed by atoms with Crippen LogP contribution in [0.15, 0.2) is 42.6 Å². The van der Waals surface area contributed by atoms with Crippen molar-refractivity contribution >= 4 is 5.97 Å². The van der Waals surface area contributed by atoms with Crippen molar-refractivity contribution in [3.8, 4) is 0 Å². The van der Waals surface area contributed by atoms with Gasteiger partial charge in [0.25, 0.3) is 0 Å². The number of benzene rings is 1. The van der Waals surface area contributed by atoms with Crippen molar-refractivity contribution in [2.24, 2.45) is 0 Å². The van der Waals surface area contributed by atoms with Crippen LogP contribution >= 0.6 is 0 Å². The highest BCUT2D eigenvalue weighted by Crippen LogP contribution is 2.09. The van der Waals surface area contributed by atoms with E-state index in [-0.39, 0.29) is 11.4 Å². The molecule has 1 heterocycles. The minimum atomic E-state index is -1.00. The SMILES string of the molecule is O=C(O)c1ccc(Cc2cccc(F)c2)nc1. The maximum atomic E-state index is 12.9. The summed E-state index contributed by atoms with van der Waals surface area (Å²) in [6.07, 6.45) is 1.79. The number of halogens is 1. The van der Waals surface area contributed by atoms with Crippen LogP contribution in [0.2, 0.25) is 0 Å². The maximum Gasteiger partial charge on any atom is 0.337 e. The number of carboxylic acids is 1. The van der Waals surface area contributed by atoms with E-state index < -0.39 is 5.97 Å². The van der Waals surface area contributed by atoms with Crippen LogP contribution in [0.5, 0.6) is 0 Å². The Labute approximate surface area is 97.6 Å². The third-order valence-corrected chi connectivity index (χ3v) is 2.35. The molecule has 3 nitrogen and oxygen atoms in total. The molecule has 0 aliphatic heterocycles. The molecule has 0 fully saturated rings. The fourth-order valence-electron chi connectivity index (χ4n) is 1.51. The molecular weight excluding hydrogens is 221 g/mol. The van der Waals surface area contributed by atoms with Gasteiger partial charge in [0.1, 0.15) is 5.82 Å². The minimum Gasteiger partial charge on any atom is -0.478 e. The zero-order valence-corrected chi connectivity index (χ0v) is 8.93. The van der Waals surface area contributed by atoms with Gasteiger partial charge in [0.2, 0.25) is 0 Å². The molecule has 0 atom stereocenters. The number of aromatic nitrogens is 1. The number of pyridine rings is 1. The molecule has 0 radical (unpaired) electrons. The highest BCUT2D eigenvalue weighted by Gasteiger charge is 2.04. The molecule has 0 amide bonds. The molecule has 0 aliphatic carbocycles. The number of hydrogen-bond donors (Lipinski definition) is 1. The lowest BCUT2D eigenvalue weighted by molar-refractivity contribution is 0.0696. The van der Waals surface area contributed by atoms with Gasteiger partial charge in [-0.25, -0.2) is 9.18 Å². The molecule has 2 rings (SSSR count). The van der Waals surface area contributed by atoms with E-state index in [1.165, 1.54) is 24.4 Å². The van der Waals surface area contributed by atoms with Crippen molar-refractivity contribution in [1.29, 1.82) is 0 Å². The average Bonchev–Trinajstić information content (AvgIpc) is 2.29. The molecule has 1 aromatic carbocycles. The molecule has 2 aromatic rings. The molecule has 17 heavy (non-hydrogen) atoms. The van der Waals surface area contributed by atoms with E-state index >= 15 is 0 Å². The minimum absolute atomic E-state index is 0.146. The van der Waals surface area contributed by atoms with Crippen LogP contribution in [-0.4, -0.2) is 16.1 Å². The summed E-state index contributed by atoms with van der Waals surface area (Å²) in [5.41, 5.74) is 1.66. The first kappa shape index (κ1) is 11.3. The van der Waals surface area contributed by atoms with Gasteiger partial charge < -0.3 is 5.11 Å². The molecule has 0 aliphatic rings. The van der Waals surface area contributed by atoms with Gasteiger partial charge >= 0.3 is 5.97 Å². The molecular formula is C13H10FNO2. The lowest BCUT2D eigenvalue weighted by Gasteiger charge is -2.01. The van der Waals surface area contributed by atoms with E-state index in [9.17, 15) is 9.18 Å². The number of aromatic carboxylic acids is 1. The van der Waals surface area contributed by atoms with Gasteiger partial charge in [-0.1, -0.05) is 12.1 Å². The molecule has 0 bridgehead atoms. The van der Waals surface area contributed by atoms with Gasteiger partial charge in [0.15, 0.2) is 0 Å². The number of carboxylic acid groups (broad SMARTS) is 1. The van der Waals surface area contributed by atoms with E-state index in [0.717, 1.165) is 5.56 Å². The van der Waals surface area contributed by atoms with Crippen molar-refractivity contribution < 1.29 is 14.3 Å². The first-order valence-corrected chi connectivity index (χ1v) is 5.08. The van der Waals surface area contributed by atoms with Crippen molar-refractivity contribution in [3.63, 3.8) is 0 Å². The maximum absolute atomic E-state index is 12.9. The number of hydrogen-bond acceptors (Lipinski definition) is 2. The summed E-state index contributed by atoms with van der Waals surface area (Å²) in [6.45, 7) is 0. The first-order valence-electron chi connectivity index (χ1n) is 5.08. The summed E-state index contributed by atoms with van der Waals surface area (Å²) in [6, 6.07) is 9.38. The van der Waals surface area contributed by atoms with E-state index in [1.807, 2.05) is 0 Å². The first-order chi connectivity index (χ1) is 8.15. The van der Waals surface area contributed by atoms with Crippen molar-refractivity contribution in [1.82, 2.24) is 4.98 Å². The van der Waals surface area contributed by atoms with Gasteiger partial charge in [0, 0.05) is 18.3 Å². The summed E-state index contributed by atoms with van der Waals surface area (Å²) >= 11 is 0. The summed E-state index contributed by atoms with van der Waals surface area (Å²) in [5.74, 6) is -1.29. The zero-order chi connectivity index (χ0) is 12.3. The second kappa shape index (κ2) is 4.74. The van der Waals surface area contributed by atoms with Crippen molar-refractivity contribution in [3.05, 3.63) is 65.2 Å². The van der Waals surface area contributed by atoms with Crippen LogP contribution in [0.1, 0.15) is 21.6 Å². The van der Waals surface area contributed by atoms with Gasteiger partial charge in [-0.3, -0.25) is 4.98 Å². The molecule has 1 N–H and O–H groups in total. The fourth-order valence-corrected chi connectivity index (χ4v) is 1.51. The molecule has 1 aromatic heterocycles. The summed E-state index contributed by atoms with van der Waals surface area (Å²) < 4.78 is 12.9. The summed E-state index contributed by atoms with van der Waals surface area (Å²) in [7, 11) is 0. The zero-order valence-electron chi connectivity index (χ0n) is 8.93. The van der Waals surface area contributed by atoms with Gasteiger partial charge in [-0.2, -0.15) is 0 Å². The Morgan fingerprint density at radius 3 is 2.71 bits per heavy atom. The summed E-state index contributed by atoms with van der Waals surface area (Å²) in [5, 5.41) is 8.71. The van der Waals surface area contributed by atoms with Gasteiger partial charge in [-0.15, -0.1) is 0 Å². The van der Waals surface area contributed by atoms with Crippen LogP contribution in [0.4, 0.5) is 4.39 Å². The highest BCUT2D eigenvalue weighted by atomic mass is 19.1. The molecule has 86 valence electrons. The van der Waals surface area contributed by atoms with Crippen LogP contribution in [0.3, 0.4) is 0 Å². The number of rotatable bonds is 3. The second-order valence-electron chi connectivity index (χ2n) is 3.65. The van der Waals surface area contributed by atoms with Crippen LogP contribution < -0.4 is 0 Å². The smallest absolute Gasteiger partial charge is 0.337 e.